The van der Waals surface area contributed by atoms with Crippen molar-refractivity contribution in [3.05, 3.63) is 53.7 Å². The third-order valence-corrected chi connectivity index (χ3v) is 2.56. The highest BCUT2D eigenvalue weighted by Crippen LogP contribution is 2.22. The number of nitrogens with zero attached hydrogens (tertiary/aromatic N) is 1. The molecule has 0 N–H and O–H groups in total. The van der Waals surface area contributed by atoms with Gasteiger partial charge in [-0.3, -0.25) is 4.98 Å². The number of aromatic nitrogens is 1. The lowest BCUT2D eigenvalue weighted by atomic mass is 10.0. The lowest BCUT2D eigenvalue weighted by Crippen LogP contribution is -1.90. The van der Waals surface area contributed by atoms with Crippen LogP contribution in [0.25, 0.3) is 11.3 Å². The van der Waals surface area contributed by atoms with E-state index in [0.29, 0.717) is 0 Å². The highest BCUT2D eigenvalue weighted by molar-refractivity contribution is 5.63. The molecule has 0 aliphatic rings. The van der Waals surface area contributed by atoms with Crippen LogP contribution in [-0.4, -0.2) is 4.98 Å². The van der Waals surface area contributed by atoms with Crippen LogP contribution in [0.4, 0.5) is 0 Å². The van der Waals surface area contributed by atoms with Crippen LogP contribution in [-0.2, 0) is 6.42 Å². The van der Waals surface area contributed by atoms with Crippen LogP contribution in [0, 0.1) is 6.92 Å². The minimum absolute atomic E-state index is 1.05. The quantitative estimate of drug-likeness (QED) is 0.716. The van der Waals surface area contributed by atoms with E-state index in [1.54, 1.807) is 0 Å². The SMILES string of the molecule is CCc1ccccc1-c1cccc(C)n1. The van der Waals surface area contributed by atoms with Crippen molar-refractivity contribution in [2.75, 3.05) is 0 Å². The molecule has 0 saturated carbocycles. The Bertz CT molecular complexity index is 460. The number of hydrogen-bond acceptors (Lipinski definition) is 1. The second kappa shape index (κ2) is 4.26. The maximum Gasteiger partial charge on any atom is 0.0707 e. The maximum atomic E-state index is 4.55. The second-order valence-electron chi connectivity index (χ2n) is 3.67. The van der Waals surface area contributed by atoms with Crippen molar-refractivity contribution >= 4 is 0 Å². The van der Waals surface area contributed by atoms with Crippen molar-refractivity contribution in [2.45, 2.75) is 20.3 Å². The van der Waals surface area contributed by atoms with Gasteiger partial charge in [-0.05, 0) is 31.0 Å². The summed E-state index contributed by atoms with van der Waals surface area (Å²) in [4.78, 5) is 4.55. The van der Waals surface area contributed by atoms with Gasteiger partial charge in [0.25, 0.3) is 0 Å². The van der Waals surface area contributed by atoms with Gasteiger partial charge < -0.3 is 0 Å². The van der Waals surface area contributed by atoms with Gasteiger partial charge in [-0.1, -0.05) is 37.3 Å². The zero-order valence-electron chi connectivity index (χ0n) is 9.20. The molecule has 0 aliphatic carbocycles. The summed E-state index contributed by atoms with van der Waals surface area (Å²) in [5.74, 6) is 0. The monoisotopic (exact) mass is 197 g/mol. The Morgan fingerprint density at radius 2 is 1.80 bits per heavy atom. The normalized spacial score (nSPS) is 10.3. The molecule has 0 amide bonds. The largest absolute Gasteiger partial charge is 0.253 e. The van der Waals surface area contributed by atoms with E-state index in [4.69, 9.17) is 0 Å². The molecule has 0 spiro atoms. The van der Waals surface area contributed by atoms with Crippen LogP contribution >= 0.6 is 0 Å². The van der Waals surface area contributed by atoms with Gasteiger partial charge in [-0.2, -0.15) is 0 Å². The van der Waals surface area contributed by atoms with Crippen molar-refractivity contribution in [2.24, 2.45) is 0 Å². The first-order chi connectivity index (χ1) is 7.31. The average molecular weight is 197 g/mol. The van der Waals surface area contributed by atoms with Gasteiger partial charge >= 0.3 is 0 Å². The van der Waals surface area contributed by atoms with E-state index in [1.807, 2.05) is 13.0 Å². The standard InChI is InChI=1S/C14H15N/c1-3-12-8-4-5-9-13(12)14-10-6-7-11(2)15-14/h4-10H,3H2,1-2H3. The zero-order chi connectivity index (χ0) is 10.7. The second-order valence-corrected chi connectivity index (χ2v) is 3.67. The molecule has 0 radical (unpaired) electrons. The fourth-order valence-corrected chi connectivity index (χ4v) is 1.77. The van der Waals surface area contributed by atoms with Crippen molar-refractivity contribution < 1.29 is 0 Å². The summed E-state index contributed by atoms with van der Waals surface area (Å²) in [5.41, 5.74) is 4.75. The molecule has 0 atom stereocenters. The van der Waals surface area contributed by atoms with Gasteiger partial charge in [0, 0.05) is 11.3 Å². The molecule has 1 heterocycles. The Morgan fingerprint density at radius 3 is 2.53 bits per heavy atom. The Balaban J connectivity index is 2.53. The summed E-state index contributed by atoms with van der Waals surface area (Å²) >= 11 is 0. The van der Waals surface area contributed by atoms with Crippen molar-refractivity contribution in [3.63, 3.8) is 0 Å². The Labute approximate surface area is 90.8 Å². The van der Waals surface area contributed by atoms with Gasteiger partial charge in [0.15, 0.2) is 0 Å². The summed E-state index contributed by atoms with van der Waals surface area (Å²) in [7, 11) is 0. The van der Waals surface area contributed by atoms with Crippen LogP contribution in [0.15, 0.2) is 42.5 Å². The molecule has 0 bridgehead atoms. The smallest absolute Gasteiger partial charge is 0.0707 e. The molecular weight excluding hydrogens is 182 g/mol. The van der Waals surface area contributed by atoms with E-state index in [9.17, 15) is 0 Å². The Hall–Kier alpha value is -1.63. The van der Waals surface area contributed by atoms with E-state index in [-0.39, 0.29) is 0 Å². The van der Waals surface area contributed by atoms with E-state index in [1.165, 1.54) is 11.1 Å². The predicted molar refractivity (Wildman–Crippen MR) is 63.8 cm³/mol. The Morgan fingerprint density at radius 1 is 1.00 bits per heavy atom. The third-order valence-electron chi connectivity index (χ3n) is 2.56. The molecule has 1 nitrogen and oxygen atoms in total. The number of aryl methyl sites for hydroxylation is 2. The molecule has 15 heavy (non-hydrogen) atoms. The van der Waals surface area contributed by atoms with E-state index < -0.39 is 0 Å². The predicted octanol–water partition coefficient (Wildman–Crippen LogP) is 3.62. The molecule has 1 aromatic carbocycles. The summed E-state index contributed by atoms with van der Waals surface area (Å²) in [6, 6.07) is 14.6. The lowest BCUT2D eigenvalue weighted by Gasteiger charge is -2.07. The first kappa shape index (κ1) is 9.91. The molecule has 2 aromatic rings. The van der Waals surface area contributed by atoms with Gasteiger partial charge in [-0.15, -0.1) is 0 Å². The van der Waals surface area contributed by atoms with Gasteiger partial charge in [-0.25, -0.2) is 0 Å². The average Bonchev–Trinajstić information content (AvgIpc) is 2.29. The fraction of sp³-hybridized carbons (Fsp3) is 0.214. The zero-order valence-corrected chi connectivity index (χ0v) is 9.20. The fourth-order valence-electron chi connectivity index (χ4n) is 1.77. The van der Waals surface area contributed by atoms with Gasteiger partial charge in [0.1, 0.15) is 0 Å². The summed E-state index contributed by atoms with van der Waals surface area (Å²) in [6.07, 6.45) is 1.05. The number of benzene rings is 1. The highest BCUT2D eigenvalue weighted by Gasteiger charge is 2.03. The van der Waals surface area contributed by atoms with Crippen molar-refractivity contribution in [3.8, 4) is 11.3 Å². The van der Waals surface area contributed by atoms with E-state index in [0.717, 1.165) is 17.8 Å². The van der Waals surface area contributed by atoms with Crippen LogP contribution in [0.1, 0.15) is 18.2 Å². The summed E-state index contributed by atoms with van der Waals surface area (Å²) < 4.78 is 0. The first-order valence-electron chi connectivity index (χ1n) is 5.33. The molecule has 0 unspecified atom stereocenters. The summed E-state index contributed by atoms with van der Waals surface area (Å²) in [5, 5.41) is 0. The van der Waals surface area contributed by atoms with E-state index >= 15 is 0 Å². The number of hydrogen-bond donors (Lipinski definition) is 0. The lowest BCUT2D eigenvalue weighted by molar-refractivity contribution is 1.13. The molecule has 2 rings (SSSR count). The maximum absolute atomic E-state index is 4.55. The number of pyridine rings is 1. The molecule has 1 aromatic heterocycles. The van der Waals surface area contributed by atoms with Crippen LogP contribution in [0.3, 0.4) is 0 Å². The van der Waals surface area contributed by atoms with Gasteiger partial charge in [0.2, 0.25) is 0 Å². The number of rotatable bonds is 2. The minimum atomic E-state index is 1.05. The van der Waals surface area contributed by atoms with Crippen molar-refractivity contribution in [1.29, 1.82) is 0 Å². The minimum Gasteiger partial charge on any atom is -0.253 e. The highest BCUT2D eigenvalue weighted by atomic mass is 14.7. The van der Waals surface area contributed by atoms with Crippen LogP contribution in [0.5, 0.6) is 0 Å². The van der Waals surface area contributed by atoms with Crippen LogP contribution < -0.4 is 0 Å². The molecule has 0 aliphatic heterocycles. The van der Waals surface area contributed by atoms with Crippen molar-refractivity contribution in [1.82, 2.24) is 4.98 Å². The Kier molecular flexibility index (Phi) is 2.82. The molecule has 1 heteroatoms. The molecule has 76 valence electrons. The van der Waals surface area contributed by atoms with Crippen LogP contribution in [0.2, 0.25) is 0 Å². The molecule has 0 fully saturated rings. The van der Waals surface area contributed by atoms with E-state index in [2.05, 4.69) is 48.3 Å². The molecular formula is C14H15N. The third kappa shape index (κ3) is 2.07. The summed E-state index contributed by atoms with van der Waals surface area (Å²) in [6.45, 7) is 4.20. The topological polar surface area (TPSA) is 12.9 Å². The first-order valence-corrected chi connectivity index (χ1v) is 5.33. The van der Waals surface area contributed by atoms with Gasteiger partial charge in [0.05, 0.1) is 5.69 Å². The molecule has 0 saturated heterocycles.